The molecule has 1 aromatic heterocycles. The van der Waals surface area contributed by atoms with Crippen LogP contribution < -0.4 is 10.1 Å². The summed E-state index contributed by atoms with van der Waals surface area (Å²) in [5.74, 6) is 1.27. The van der Waals surface area contributed by atoms with Gasteiger partial charge in [0.1, 0.15) is 0 Å². The average Bonchev–Trinajstić information content (AvgIpc) is 2.59. The van der Waals surface area contributed by atoms with Crippen molar-refractivity contribution in [2.24, 2.45) is 5.92 Å². The minimum atomic E-state index is 0.549. The van der Waals surface area contributed by atoms with Gasteiger partial charge in [0, 0.05) is 18.9 Å². The second-order valence-corrected chi connectivity index (χ2v) is 6.75. The lowest BCUT2D eigenvalue weighted by atomic mass is 10.1. The molecule has 4 heteroatoms. The topological polar surface area (TPSA) is 34.1 Å². The third-order valence-electron chi connectivity index (χ3n) is 3.70. The van der Waals surface area contributed by atoms with Crippen LogP contribution in [0.25, 0.3) is 12.2 Å². The van der Waals surface area contributed by atoms with Crippen molar-refractivity contribution in [3.05, 3.63) is 51.2 Å². The summed E-state index contributed by atoms with van der Waals surface area (Å²) in [6, 6.07) is 10.4. The molecule has 122 valence electrons. The van der Waals surface area contributed by atoms with Crippen molar-refractivity contribution in [1.82, 2.24) is 4.98 Å². The van der Waals surface area contributed by atoms with Gasteiger partial charge in [-0.2, -0.15) is 0 Å². The fourth-order valence-corrected chi connectivity index (χ4v) is 2.58. The van der Waals surface area contributed by atoms with Crippen molar-refractivity contribution in [3.8, 4) is 5.88 Å². The largest absolute Gasteiger partial charge is 0.477 e. The van der Waals surface area contributed by atoms with Crippen LogP contribution in [0.4, 0.5) is 5.69 Å². The van der Waals surface area contributed by atoms with Crippen LogP contribution in [0.5, 0.6) is 5.88 Å². The normalized spacial score (nSPS) is 12.3. The highest BCUT2D eigenvalue weighted by molar-refractivity contribution is 14.1. The van der Waals surface area contributed by atoms with Gasteiger partial charge in [-0.25, -0.2) is 4.98 Å². The van der Waals surface area contributed by atoms with Crippen LogP contribution in [0.2, 0.25) is 0 Å². The predicted molar refractivity (Wildman–Crippen MR) is 107 cm³/mol. The van der Waals surface area contributed by atoms with Crippen LogP contribution >= 0.6 is 22.6 Å². The van der Waals surface area contributed by atoms with Gasteiger partial charge in [-0.3, -0.25) is 0 Å². The number of rotatable bonds is 7. The minimum absolute atomic E-state index is 0.549. The molecule has 0 bridgehead atoms. The SMILES string of the molecule is CCC(C)COc1ncc(/C=C/c2ccc(NC)cc2)cc1[123I]. The standard InChI is InChI=1S/C19H23IN2O/c1-4-14(2)13-23-19-18(20)11-16(12-22-19)6-5-15-7-9-17(21-3)10-8-15/h5-12,14,21H,4,13H2,1-3H3/b6-5+/i20-4. The van der Waals surface area contributed by atoms with E-state index in [1.165, 1.54) is 0 Å². The Bertz CT molecular complexity index is 653. The Kier molecular flexibility index (Phi) is 6.89. The molecule has 3 nitrogen and oxygen atoms in total. The molecular formula is C19H23IN2O. The Balaban J connectivity index is 2.02. The van der Waals surface area contributed by atoms with E-state index in [1.807, 2.05) is 13.2 Å². The zero-order valence-corrected chi connectivity index (χ0v) is 16.0. The fourth-order valence-electron chi connectivity index (χ4n) is 1.93. The smallest absolute Gasteiger partial charge is 0.227 e. The van der Waals surface area contributed by atoms with E-state index in [4.69, 9.17) is 4.74 Å². The summed E-state index contributed by atoms with van der Waals surface area (Å²) in [5.41, 5.74) is 3.35. The third-order valence-corrected chi connectivity index (χ3v) is 4.47. The van der Waals surface area contributed by atoms with E-state index in [1.54, 1.807) is 0 Å². The van der Waals surface area contributed by atoms with Gasteiger partial charge in [-0.1, -0.05) is 44.6 Å². The Hall–Kier alpha value is -1.56. The van der Waals surface area contributed by atoms with E-state index >= 15 is 0 Å². The highest BCUT2D eigenvalue weighted by Crippen LogP contribution is 2.21. The monoisotopic (exact) mass is 418 g/mol. The van der Waals surface area contributed by atoms with Gasteiger partial charge in [-0.05, 0) is 57.8 Å². The van der Waals surface area contributed by atoms with Crippen molar-refractivity contribution in [1.29, 1.82) is 0 Å². The first-order chi connectivity index (χ1) is 11.1. The average molecular weight is 418 g/mol. The Morgan fingerprint density at radius 1 is 1.22 bits per heavy atom. The maximum atomic E-state index is 5.78. The van der Waals surface area contributed by atoms with Gasteiger partial charge in [0.15, 0.2) is 0 Å². The summed E-state index contributed by atoms with van der Waals surface area (Å²) >= 11 is 2.28. The number of nitrogens with one attached hydrogen (secondary N) is 1. The van der Waals surface area contributed by atoms with Crippen molar-refractivity contribution in [2.75, 3.05) is 19.0 Å². The number of hydrogen-bond donors (Lipinski definition) is 1. The zero-order chi connectivity index (χ0) is 16.7. The van der Waals surface area contributed by atoms with Gasteiger partial charge in [0.2, 0.25) is 5.88 Å². The summed E-state index contributed by atoms with van der Waals surface area (Å²) in [5, 5.41) is 3.12. The number of aromatic nitrogens is 1. The van der Waals surface area contributed by atoms with E-state index in [0.717, 1.165) is 32.7 Å². The quantitative estimate of drug-likeness (QED) is 0.618. The highest BCUT2D eigenvalue weighted by atomic mass is 123. The van der Waals surface area contributed by atoms with Gasteiger partial charge < -0.3 is 10.1 Å². The van der Waals surface area contributed by atoms with E-state index in [9.17, 15) is 0 Å². The second kappa shape index (κ2) is 8.91. The number of benzene rings is 1. The summed E-state index contributed by atoms with van der Waals surface area (Å²) in [6.07, 6.45) is 7.13. The molecule has 2 aromatic rings. The third kappa shape index (κ3) is 5.53. The molecule has 0 aliphatic carbocycles. The Morgan fingerprint density at radius 2 is 1.91 bits per heavy atom. The zero-order valence-electron chi connectivity index (χ0n) is 13.8. The number of anilines is 1. The van der Waals surface area contributed by atoms with Gasteiger partial charge in [0.05, 0.1) is 10.2 Å². The first-order valence-corrected chi connectivity index (χ1v) is 8.94. The number of halogens is 1. The fraction of sp³-hybridized carbons (Fsp3) is 0.316. The molecule has 0 saturated heterocycles. The maximum Gasteiger partial charge on any atom is 0.227 e. The van der Waals surface area contributed by atoms with E-state index in [0.29, 0.717) is 12.5 Å². The second-order valence-electron chi connectivity index (χ2n) is 5.59. The first-order valence-electron chi connectivity index (χ1n) is 7.86. The molecule has 0 fully saturated rings. The lowest BCUT2D eigenvalue weighted by molar-refractivity contribution is 0.246. The highest BCUT2D eigenvalue weighted by Gasteiger charge is 2.06. The number of ether oxygens (including phenoxy) is 1. The Labute approximate surface area is 152 Å². The molecule has 23 heavy (non-hydrogen) atoms. The van der Waals surface area contributed by atoms with Crippen LogP contribution in [0, 0.1) is 9.49 Å². The van der Waals surface area contributed by atoms with E-state index < -0.39 is 0 Å². The minimum Gasteiger partial charge on any atom is -0.477 e. The molecule has 0 amide bonds. The number of pyridine rings is 1. The maximum absolute atomic E-state index is 5.78. The lowest BCUT2D eigenvalue weighted by Gasteiger charge is -2.11. The molecule has 1 unspecified atom stereocenters. The molecule has 1 N–H and O–H groups in total. The molecule has 2 rings (SSSR count). The molecule has 0 aliphatic rings. The lowest BCUT2D eigenvalue weighted by Crippen LogP contribution is -2.09. The van der Waals surface area contributed by atoms with Crippen LogP contribution in [0.3, 0.4) is 0 Å². The summed E-state index contributed by atoms with van der Waals surface area (Å²) in [6.45, 7) is 5.07. The van der Waals surface area contributed by atoms with Gasteiger partial charge >= 0.3 is 0 Å². The van der Waals surface area contributed by atoms with Gasteiger partial charge in [-0.15, -0.1) is 0 Å². The molecular weight excluding hydrogens is 395 g/mol. The number of hydrogen-bond acceptors (Lipinski definition) is 3. The van der Waals surface area contributed by atoms with Gasteiger partial charge in [0.25, 0.3) is 0 Å². The molecule has 0 spiro atoms. The summed E-state index contributed by atoms with van der Waals surface area (Å²) in [4.78, 5) is 4.43. The van der Waals surface area contributed by atoms with Crippen LogP contribution in [0.1, 0.15) is 31.4 Å². The van der Waals surface area contributed by atoms with Crippen molar-refractivity contribution in [2.45, 2.75) is 20.3 Å². The first kappa shape index (κ1) is 17.8. The van der Waals surface area contributed by atoms with Crippen LogP contribution in [-0.4, -0.2) is 18.6 Å². The van der Waals surface area contributed by atoms with Crippen LogP contribution in [0.15, 0.2) is 36.5 Å². The summed E-state index contributed by atoms with van der Waals surface area (Å²) < 4.78 is 6.82. The molecule has 0 radical (unpaired) electrons. The number of nitrogens with zero attached hydrogens (tertiary/aromatic N) is 1. The van der Waals surface area contributed by atoms with E-state index in [-0.39, 0.29) is 0 Å². The molecule has 0 aliphatic heterocycles. The molecule has 1 atom stereocenters. The van der Waals surface area contributed by atoms with Crippen molar-refractivity contribution < 1.29 is 4.74 Å². The molecule has 1 heterocycles. The van der Waals surface area contributed by atoms with Crippen molar-refractivity contribution >= 4 is 40.4 Å². The Morgan fingerprint density at radius 3 is 2.52 bits per heavy atom. The predicted octanol–water partition coefficient (Wildman–Crippen LogP) is 5.32. The molecule has 1 aromatic carbocycles. The van der Waals surface area contributed by atoms with Crippen LogP contribution in [-0.2, 0) is 0 Å². The molecule has 0 saturated carbocycles. The van der Waals surface area contributed by atoms with E-state index in [2.05, 4.69) is 89.2 Å². The van der Waals surface area contributed by atoms with Crippen molar-refractivity contribution in [3.63, 3.8) is 0 Å². The summed E-state index contributed by atoms with van der Waals surface area (Å²) in [7, 11) is 1.92.